The predicted octanol–water partition coefficient (Wildman–Crippen LogP) is 7.53. The zero-order valence-electron chi connectivity index (χ0n) is 23.1. The van der Waals surface area contributed by atoms with E-state index in [-0.39, 0.29) is 30.2 Å². The zero-order chi connectivity index (χ0) is 29.9. The Morgan fingerprint density at radius 2 is 1.68 bits per heavy atom. The van der Waals surface area contributed by atoms with Gasteiger partial charge in [0.1, 0.15) is 23.1 Å². The average Bonchev–Trinajstić information content (AvgIpc) is 2.91. The molecule has 1 aliphatic carbocycles. The summed E-state index contributed by atoms with van der Waals surface area (Å²) in [5, 5.41) is 9.51. The second kappa shape index (κ2) is 11.5. The Bertz CT molecular complexity index is 1610. The number of nitrogens with zero attached hydrogens (tertiary/aromatic N) is 2. The van der Waals surface area contributed by atoms with Gasteiger partial charge in [-0.3, -0.25) is 4.79 Å². The summed E-state index contributed by atoms with van der Waals surface area (Å²) in [7, 11) is 0. The number of allylic oxidation sites excluding steroid dienone is 4. The number of nitriles is 1. The second-order valence-electron chi connectivity index (χ2n) is 10.4. The topological polar surface area (TPSA) is 81.3 Å². The highest BCUT2D eigenvalue weighted by Gasteiger charge is 2.37. The minimum atomic E-state index is -4.89. The molecule has 1 unspecified atom stereocenters. The highest BCUT2D eigenvalue weighted by atomic mass is 19.4. The molecule has 9 heteroatoms. The number of pyridine rings is 1. The number of hydrogen-bond acceptors (Lipinski definition) is 5. The molecule has 0 spiro atoms. The van der Waals surface area contributed by atoms with E-state index in [0.717, 1.165) is 11.6 Å². The fourth-order valence-corrected chi connectivity index (χ4v) is 4.85. The fourth-order valence-electron chi connectivity index (χ4n) is 4.85. The van der Waals surface area contributed by atoms with Crippen LogP contribution in [0.3, 0.4) is 0 Å². The number of benzene rings is 2. The summed E-state index contributed by atoms with van der Waals surface area (Å²) >= 11 is 0. The van der Waals surface area contributed by atoms with Crippen LogP contribution in [0.1, 0.15) is 49.2 Å². The van der Waals surface area contributed by atoms with Crippen molar-refractivity contribution in [2.45, 2.75) is 40.4 Å². The lowest BCUT2D eigenvalue weighted by Crippen LogP contribution is -2.34. The summed E-state index contributed by atoms with van der Waals surface area (Å²) in [5.41, 5.74) is -1.75. The summed E-state index contributed by atoms with van der Waals surface area (Å²) in [4.78, 5) is 25.2. The molecule has 6 nitrogen and oxygen atoms in total. The van der Waals surface area contributed by atoms with E-state index < -0.39 is 28.8 Å². The molecule has 1 aliphatic rings. The lowest BCUT2D eigenvalue weighted by atomic mass is 9.74. The maximum absolute atomic E-state index is 13.9. The summed E-state index contributed by atoms with van der Waals surface area (Å²) in [6.07, 6.45) is 1.03. The summed E-state index contributed by atoms with van der Waals surface area (Å²) in [6, 6.07) is 14.9. The van der Waals surface area contributed by atoms with Crippen molar-refractivity contribution in [1.29, 1.82) is 5.26 Å². The lowest BCUT2D eigenvalue weighted by Gasteiger charge is -2.34. The molecule has 0 amide bonds. The molecule has 41 heavy (non-hydrogen) atoms. The maximum Gasteiger partial charge on any atom is 0.417 e. The van der Waals surface area contributed by atoms with Crippen molar-refractivity contribution in [2.75, 3.05) is 6.61 Å². The minimum absolute atomic E-state index is 0.0436. The lowest BCUT2D eigenvalue weighted by molar-refractivity contribution is -0.137. The number of carbonyl (C=O) groups excluding carboxylic acids is 1. The van der Waals surface area contributed by atoms with Crippen molar-refractivity contribution in [3.63, 3.8) is 0 Å². The van der Waals surface area contributed by atoms with Crippen LogP contribution in [0, 0.1) is 22.7 Å². The molecular weight excluding hydrogens is 533 g/mol. The van der Waals surface area contributed by atoms with Gasteiger partial charge in [-0.25, -0.2) is 4.79 Å². The van der Waals surface area contributed by atoms with Crippen molar-refractivity contribution < 1.29 is 27.4 Å². The Labute approximate surface area is 236 Å². The van der Waals surface area contributed by atoms with Crippen LogP contribution in [0.4, 0.5) is 13.2 Å². The normalized spacial score (nSPS) is 16.0. The van der Waals surface area contributed by atoms with E-state index in [0.29, 0.717) is 22.6 Å². The monoisotopic (exact) mass is 562 g/mol. The molecule has 2 aromatic carbocycles. The zero-order valence-corrected chi connectivity index (χ0v) is 23.1. The van der Waals surface area contributed by atoms with E-state index in [2.05, 4.69) is 6.08 Å². The second-order valence-corrected chi connectivity index (χ2v) is 10.4. The molecule has 4 rings (SSSR count). The van der Waals surface area contributed by atoms with Gasteiger partial charge in [-0.1, -0.05) is 37.6 Å². The Kier molecular flexibility index (Phi) is 8.24. The van der Waals surface area contributed by atoms with Gasteiger partial charge in [0.25, 0.3) is 5.56 Å². The van der Waals surface area contributed by atoms with Crippen LogP contribution in [0.25, 0.3) is 11.3 Å². The van der Waals surface area contributed by atoms with Crippen LogP contribution in [-0.4, -0.2) is 17.1 Å². The molecule has 0 fully saturated rings. The third kappa shape index (κ3) is 6.43. The average molecular weight is 563 g/mol. The van der Waals surface area contributed by atoms with Gasteiger partial charge in [0.05, 0.1) is 23.4 Å². The molecule has 0 bridgehead atoms. The number of alkyl halides is 3. The molecule has 3 aromatic rings. The van der Waals surface area contributed by atoms with E-state index in [1.807, 2.05) is 32.9 Å². The number of hydrogen-bond donors (Lipinski definition) is 0. The van der Waals surface area contributed by atoms with Crippen molar-refractivity contribution in [1.82, 2.24) is 4.57 Å². The highest BCUT2D eigenvalue weighted by Crippen LogP contribution is 2.38. The van der Waals surface area contributed by atoms with Gasteiger partial charge in [-0.15, -0.1) is 0 Å². The van der Waals surface area contributed by atoms with Crippen molar-refractivity contribution in [3.05, 3.63) is 105 Å². The molecule has 212 valence electrons. The predicted molar refractivity (Wildman–Crippen MR) is 148 cm³/mol. The Morgan fingerprint density at radius 1 is 1.07 bits per heavy atom. The van der Waals surface area contributed by atoms with Crippen LogP contribution in [0.15, 0.2) is 83.2 Å². The first-order valence-corrected chi connectivity index (χ1v) is 13.0. The summed E-state index contributed by atoms with van der Waals surface area (Å²) in [6.45, 7) is 8.00. The molecule has 0 saturated heterocycles. The van der Waals surface area contributed by atoms with E-state index in [1.165, 1.54) is 10.6 Å². The maximum atomic E-state index is 13.9. The fraction of sp³-hybridized carbons (Fsp3) is 0.281. The molecular formula is C32H29F3N2O4. The Morgan fingerprint density at radius 3 is 2.22 bits per heavy atom. The van der Waals surface area contributed by atoms with E-state index in [9.17, 15) is 28.0 Å². The van der Waals surface area contributed by atoms with E-state index in [4.69, 9.17) is 9.47 Å². The molecule has 1 atom stereocenters. The minimum Gasteiger partial charge on any atom is -0.462 e. The molecule has 1 aromatic heterocycles. The third-order valence-corrected chi connectivity index (χ3v) is 6.99. The SMILES string of the molecule is CCOC(=O)c1ccc(Oc2ccc(-c3cc(C(F)(F)F)c(C#N)c(=O)n3CC3C=CC(C)=CC3(C)C)cc2)cc1. The number of halogens is 3. The first-order valence-electron chi connectivity index (χ1n) is 13.0. The first-order chi connectivity index (χ1) is 19.3. The van der Waals surface area contributed by atoms with Gasteiger partial charge in [-0.05, 0) is 79.4 Å². The van der Waals surface area contributed by atoms with Crippen molar-refractivity contribution in [3.8, 4) is 28.8 Å². The van der Waals surface area contributed by atoms with E-state index in [1.54, 1.807) is 55.5 Å². The van der Waals surface area contributed by atoms with Gasteiger partial charge >= 0.3 is 12.1 Å². The molecule has 0 radical (unpaired) electrons. The Hall–Kier alpha value is -4.58. The van der Waals surface area contributed by atoms with Crippen molar-refractivity contribution in [2.24, 2.45) is 11.3 Å². The van der Waals surface area contributed by atoms with E-state index >= 15 is 0 Å². The number of ether oxygens (including phenoxy) is 2. The van der Waals surface area contributed by atoms with Crippen LogP contribution < -0.4 is 10.3 Å². The van der Waals surface area contributed by atoms with Gasteiger partial charge in [0.2, 0.25) is 0 Å². The molecule has 0 saturated carbocycles. The smallest absolute Gasteiger partial charge is 0.417 e. The van der Waals surface area contributed by atoms with Crippen LogP contribution in [-0.2, 0) is 17.5 Å². The van der Waals surface area contributed by atoms with Crippen LogP contribution in [0.2, 0.25) is 0 Å². The van der Waals surface area contributed by atoms with Crippen LogP contribution in [0.5, 0.6) is 11.5 Å². The number of aromatic nitrogens is 1. The standard InChI is InChI=1S/C32H29F3N2O4/c1-5-40-30(39)22-9-14-25(15-10-22)41-24-12-7-21(8-13-24)28-16-27(32(33,34)35)26(18-36)29(38)37(28)19-23-11-6-20(2)17-31(23,3)4/h6-17,23H,5,19H2,1-4H3. The molecule has 0 N–H and O–H groups in total. The van der Waals surface area contributed by atoms with Gasteiger partial charge in [0, 0.05) is 12.5 Å². The van der Waals surface area contributed by atoms with Crippen LogP contribution >= 0.6 is 0 Å². The Balaban J connectivity index is 1.72. The summed E-state index contributed by atoms with van der Waals surface area (Å²) in [5.74, 6) is 0.183. The molecule has 1 heterocycles. The largest absolute Gasteiger partial charge is 0.462 e. The number of rotatable bonds is 7. The van der Waals surface area contributed by atoms with Crippen molar-refractivity contribution >= 4 is 5.97 Å². The summed E-state index contributed by atoms with van der Waals surface area (Å²) < 4.78 is 53.8. The third-order valence-electron chi connectivity index (χ3n) is 6.99. The number of esters is 1. The first kappa shape index (κ1) is 29.4. The quantitative estimate of drug-likeness (QED) is 0.278. The van der Waals surface area contributed by atoms with Gasteiger partial charge in [-0.2, -0.15) is 18.4 Å². The number of carbonyl (C=O) groups is 1. The highest BCUT2D eigenvalue weighted by molar-refractivity contribution is 5.89. The van der Waals surface area contributed by atoms with Gasteiger partial charge < -0.3 is 14.0 Å². The molecule has 0 aliphatic heterocycles. The van der Waals surface area contributed by atoms with Gasteiger partial charge in [0.15, 0.2) is 0 Å².